The molecule has 0 aromatic heterocycles. The van der Waals surface area contributed by atoms with Crippen LogP contribution in [0.5, 0.6) is 0 Å². The van der Waals surface area contributed by atoms with Crippen molar-refractivity contribution >= 4 is 17.7 Å². The van der Waals surface area contributed by atoms with Crippen molar-refractivity contribution in [1.29, 1.82) is 0 Å². The Morgan fingerprint density at radius 2 is 1.80 bits per heavy atom. The minimum Gasteiger partial charge on any atom is -0.480 e. The highest BCUT2D eigenvalue weighted by Crippen LogP contribution is 2.17. The van der Waals surface area contributed by atoms with Crippen molar-refractivity contribution in [3.8, 4) is 0 Å². The van der Waals surface area contributed by atoms with Gasteiger partial charge in [-0.05, 0) is 25.0 Å². The monoisotopic (exact) mass is 286 g/mol. The number of nitrogens with one attached hydrogen (secondary N) is 2. The second-order valence-corrected chi connectivity index (χ2v) is 4.30. The molecule has 1 rings (SSSR count). The Bertz CT molecular complexity index is 516. The number of carboxylic acid groups (broad SMARTS) is 1. The average Bonchev–Trinajstić information content (AvgIpc) is 2.40. The number of carbonyl (C=O) groups is 2. The van der Waals surface area contributed by atoms with Gasteiger partial charge in [-0.3, -0.25) is 0 Å². The van der Waals surface area contributed by atoms with Gasteiger partial charge in [0, 0.05) is 11.8 Å². The van der Waals surface area contributed by atoms with Crippen molar-refractivity contribution in [3.05, 3.63) is 29.8 Å². The fraction of sp³-hybridized carbons (Fsp3) is 0.385. The Kier molecular flexibility index (Phi) is 5.01. The van der Waals surface area contributed by atoms with Crippen molar-refractivity contribution in [2.45, 2.75) is 32.2 Å². The van der Waals surface area contributed by atoms with E-state index in [1.807, 2.05) is 0 Å². The standard InChI is InChI=1S/C13H16F2N2O3/c1-3-13(4-2,11(18)19)17-12(20)16-8-5-6-9(14)10(15)7-8/h5-7H,3-4H2,1-2H3,(H,18,19)(H2,16,17,20). The van der Waals surface area contributed by atoms with Gasteiger partial charge in [-0.2, -0.15) is 0 Å². The maximum absolute atomic E-state index is 13.0. The van der Waals surface area contributed by atoms with Gasteiger partial charge >= 0.3 is 12.0 Å². The number of rotatable bonds is 5. The van der Waals surface area contributed by atoms with E-state index in [2.05, 4.69) is 10.6 Å². The number of urea groups is 1. The Morgan fingerprint density at radius 3 is 2.25 bits per heavy atom. The third kappa shape index (κ3) is 3.43. The van der Waals surface area contributed by atoms with Crippen LogP contribution in [0, 0.1) is 11.6 Å². The topological polar surface area (TPSA) is 78.4 Å². The number of anilines is 1. The molecule has 0 bridgehead atoms. The molecule has 0 aliphatic rings. The number of carbonyl (C=O) groups excluding carboxylic acids is 1. The summed E-state index contributed by atoms with van der Waals surface area (Å²) in [7, 11) is 0. The Balaban J connectivity index is 2.80. The van der Waals surface area contributed by atoms with Gasteiger partial charge in [-0.25, -0.2) is 18.4 Å². The quantitative estimate of drug-likeness (QED) is 0.778. The Labute approximate surface area is 115 Å². The second kappa shape index (κ2) is 6.31. The van der Waals surface area contributed by atoms with Crippen LogP contribution in [0.25, 0.3) is 0 Å². The van der Waals surface area contributed by atoms with Gasteiger partial charge in [-0.15, -0.1) is 0 Å². The number of hydrogen-bond donors (Lipinski definition) is 3. The lowest BCUT2D eigenvalue weighted by atomic mass is 9.93. The van der Waals surface area contributed by atoms with Crippen LogP contribution in [0.1, 0.15) is 26.7 Å². The van der Waals surface area contributed by atoms with E-state index in [9.17, 15) is 18.4 Å². The lowest BCUT2D eigenvalue weighted by Gasteiger charge is -2.28. The summed E-state index contributed by atoms with van der Waals surface area (Å²) >= 11 is 0. The van der Waals surface area contributed by atoms with Crippen LogP contribution < -0.4 is 10.6 Å². The first-order valence-electron chi connectivity index (χ1n) is 6.12. The lowest BCUT2D eigenvalue weighted by Crippen LogP contribution is -2.54. The highest BCUT2D eigenvalue weighted by atomic mass is 19.2. The molecular weight excluding hydrogens is 270 g/mol. The van der Waals surface area contributed by atoms with Crippen LogP contribution in [-0.4, -0.2) is 22.6 Å². The summed E-state index contributed by atoms with van der Waals surface area (Å²) in [6, 6.07) is 2.07. The zero-order valence-corrected chi connectivity index (χ0v) is 11.2. The van der Waals surface area contributed by atoms with Gasteiger partial charge in [-0.1, -0.05) is 13.8 Å². The first kappa shape index (κ1) is 15.9. The molecule has 7 heteroatoms. The summed E-state index contributed by atoms with van der Waals surface area (Å²) in [5.74, 6) is -3.28. The summed E-state index contributed by atoms with van der Waals surface area (Å²) in [4.78, 5) is 23.0. The molecule has 0 aliphatic carbocycles. The normalized spacial score (nSPS) is 11.0. The van der Waals surface area contributed by atoms with E-state index < -0.39 is 29.2 Å². The molecule has 0 fully saturated rings. The van der Waals surface area contributed by atoms with Crippen LogP contribution in [0.3, 0.4) is 0 Å². The van der Waals surface area contributed by atoms with E-state index in [4.69, 9.17) is 5.11 Å². The molecule has 0 unspecified atom stereocenters. The highest BCUT2D eigenvalue weighted by Gasteiger charge is 2.36. The SMILES string of the molecule is CCC(CC)(NC(=O)Nc1ccc(F)c(F)c1)C(=O)O. The minimum atomic E-state index is -1.39. The van der Waals surface area contributed by atoms with E-state index in [0.717, 1.165) is 12.1 Å². The summed E-state index contributed by atoms with van der Waals surface area (Å²) in [6.45, 7) is 3.27. The van der Waals surface area contributed by atoms with Crippen molar-refractivity contribution < 1.29 is 23.5 Å². The van der Waals surface area contributed by atoms with Crippen LogP contribution in [0.2, 0.25) is 0 Å². The molecule has 110 valence electrons. The van der Waals surface area contributed by atoms with Gasteiger partial charge in [0.1, 0.15) is 5.54 Å². The molecule has 0 aliphatic heterocycles. The molecular formula is C13H16F2N2O3. The number of halogens is 2. The maximum Gasteiger partial charge on any atom is 0.329 e. The van der Waals surface area contributed by atoms with Crippen molar-refractivity contribution in [2.75, 3.05) is 5.32 Å². The molecule has 0 atom stereocenters. The summed E-state index contributed by atoms with van der Waals surface area (Å²) < 4.78 is 25.7. The predicted octanol–water partition coefficient (Wildman–Crippen LogP) is 2.73. The van der Waals surface area contributed by atoms with E-state index >= 15 is 0 Å². The molecule has 20 heavy (non-hydrogen) atoms. The van der Waals surface area contributed by atoms with Crippen LogP contribution in [0.15, 0.2) is 18.2 Å². The number of hydrogen-bond acceptors (Lipinski definition) is 2. The van der Waals surface area contributed by atoms with Crippen molar-refractivity contribution in [1.82, 2.24) is 5.32 Å². The molecule has 2 amide bonds. The number of aliphatic carboxylic acids is 1. The van der Waals surface area contributed by atoms with Crippen LogP contribution in [-0.2, 0) is 4.79 Å². The first-order valence-corrected chi connectivity index (χ1v) is 6.12. The van der Waals surface area contributed by atoms with Crippen molar-refractivity contribution in [2.24, 2.45) is 0 Å². The minimum absolute atomic E-state index is 0.0351. The fourth-order valence-electron chi connectivity index (χ4n) is 1.74. The highest BCUT2D eigenvalue weighted by molar-refractivity contribution is 5.93. The summed E-state index contributed by atoms with van der Waals surface area (Å²) in [5, 5.41) is 13.8. The van der Waals surface area contributed by atoms with Gasteiger partial charge in [0.05, 0.1) is 0 Å². The predicted molar refractivity (Wildman–Crippen MR) is 69.5 cm³/mol. The van der Waals surface area contributed by atoms with E-state index in [1.165, 1.54) is 6.07 Å². The zero-order valence-electron chi connectivity index (χ0n) is 11.2. The molecule has 0 saturated carbocycles. The molecule has 0 heterocycles. The third-order valence-electron chi connectivity index (χ3n) is 3.15. The number of amides is 2. The van der Waals surface area contributed by atoms with Gasteiger partial charge < -0.3 is 15.7 Å². The summed E-state index contributed by atoms with van der Waals surface area (Å²) in [5.41, 5.74) is -1.35. The zero-order chi connectivity index (χ0) is 15.3. The molecule has 3 N–H and O–H groups in total. The fourth-order valence-corrected chi connectivity index (χ4v) is 1.74. The Morgan fingerprint density at radius 1 is 1.20 bits per heavy atom. The average molecular weight is 286 g/mol. The molecule has 0 radical (unpaired) electrons. The first-order chi connectivity index (χ1) is 9.34. The van der Waals surface area contributed by atoms with Gasteiger partial charge in [0.2, 0.25) is 0 Å². The third-order valence-corrected chi connectivity index (χ3v) is 3.15. The van der Waals surface area contributed by atoms with Crippen LogP contribution >= 0.6 is 0 Å². The Hall–Kier alpha value is -2.18. The molecule has 5 nitrogen and oxygen atoms in total. The smallest absolute Gasteiger partial charge is 0.329 e. The van der Waals surface area contributed by atoms with Crippen LogP contribution in [0.4, 0.5) is 19.3 Å². The largest absolute Gasteiger partial charge is 0.480 e. The maximum atomic E-state index is 13.0. The van der Waals surface area contributed by atoms with Crippen molar-refractivity contribution in [3.63, 3.8) is 0 Å². The van der Waals surface area contributed by atoms with Gasteiger partial charge in [0.15, 0.2) is 11.6 Å². The van der Waals surface area contributed by atoms with E-state index in [0.29, 0.717) is 0 Å². The summed E-state index contributed by atoms with van der Waals surface area (Å²) in [6.07, 6.45) is 0.397. The lowest BCUT2D eigenvalue weighted by molar-refractivity contribution is -0.144. The second-order valence-electron chi connectivity index (χ2n) is 4.30. The van der Waals surface area contributed by atoms with E-state index in [-0.39, 0.29) is 18.5 Å². The van der Waals surface area contributed by atoms with Gasteiger partial charge in [0.25, 0.3) is 0 Å². The molecule has 1 aromatic carbocycles. The number of benzene rings is 1. The molecule has 0 spiro atoms. The molecule has 0 saturated heterocycles. The van der Waals surface area contributed by atoms with E-state index in [1.54, 1.807) is 13.8 Å². The number of carboxylic acids is 1. The molecule has 1 aromatic rings.